The van der Waals surface area contributed by atoms with Crippen LogP contribution in [-0.2, 0) is 0 Å². The van der Waals surface area contributed by atoms with Crippen molar-refractivity contribution >= 4 is 5.97 Å². The summed E-state index contributed by atoms with van der Waals surface area (Å²) in [5, 5.41) is 17.0. The van der Waals surface area contributed by atoms with E-state index >= 15 is 0 Å². The molecule has 0 aliphatic carbocycles. The van der Waals surface area contributed by atoms with Gasteiger partial charge in [-0.15, -0.1) is 5.10 Å². The SMILES string of the molecule is Cc1ccc(C)c(-c2c(C(=O)O)nnn2C(C)C)c1. The molecule has 0 unspecified atom stereocenters. The summed E-state index contributed by atoms with van der Waals surface area (Å²) in [6.07, 6.45) is 0. The molecule has 0 saturated heterocycles. The fraction of sp³-hybridized carbons (Fsp3) is 0.357. The first kappa shape index (κ1) is 13.3. The molecule has 0 aliphatic heterocycles. The lowest BCUT2D eigenvalue weighted by molar-refractivity contribution is 0.0691. The Bertz CT molecular complexity index is 630. The predicted molar refractivity (Wildman–Crippen MR) is 72.3 cm³/mol. The van der Waals surface area contributed by atoms with Crippen LogP contribution in [0.25, 0.3) is 11.3 Å². The van der Waals surface area contributed by atoms with Crippen molar-refractivity contribution in [1.29, 1.82) is 0 Å². The topological polar surface area (TPSA) is 68.0 Å². The van der Waals surface area contributed by atoms with Gasteiger partial charge in [-0.3, -0.25) is 0 Å². The molecule has 2 rings (SSSR count). The largest absolute Gasteiger partial charge is 0.476 e. The Morgan fingerprint density at radius 1 is 1.32 bits per heavy atom. The van der Waals surface area contributed by atoms with Crippen molar-refractivity contribution in [2.75, 3.05) is 0 Å². The minimum absolute atomic E-state index is 0.00222. The number of benzene rings is 1. The van der Waals surface area contributed by atoms with E-state index < -0.39 is 5.97 Å². The van der Waals surface area contributed by atoms with Gasteiger partial charge in [-0.25, -0.2) is 9.48 Å². The first-order valence-electron chi connectivity index (χ1n) is 6.18. The van der Waals surface area contributed by atoms with E-state index in [1.165, 1.54) is 0 Å². The van der Waals surface area contributed by atoms with Crippen LogP contribution >= 0.6 is 0 Å². The van der Waals surface area contributed by atoms with E-state index in [1.54, 1.807) is 4.68 Å². The van der Waals surface area contributed by atoms with Crippen LogP contribution in [0.15, 0.2) is 18.2 Å². The van der Waals surface area contributed by atoms with Crippen molar-refractivity contribution in [1.82, 2.24) is 15.0 Å². The van der Waals surface area contributed by atoms with Gasteiger partial charge >= 0.3 is 5.97 Å². The van der Waals surface area contributed by atoms with Gasteiger partial charge in [0.15, 0.2) is 5.69 Å². The monoisotopic (exact) mass is 259 g/mol. The number of rotatable bonds is 3. The summed E-state index contributed by atoms with van der Waals surface area (Å²) < 4.78 is 1.66. The van der Waals surface area contributed by atoms with Gasteiger partial charge in [-0.2, -0.15) is 0 Å². The van der Waals surface area contributed by atoms with Crippen molar-refractivity contribution in [3.8, 4) is 11.3 Å². The molecule has 0 bridgehead atoms. The third-order valence-corrected chi connectivity index (χ3v) is 3.03. The Morgan fingerprint density at radius 2 is 2.00 bits per heavy atom. The maximum Gasteiger partial charge on any atom is 0.358 e. The maximum absolute atomic E-state index is 11.3. The Hall–Kier alpha value is -2.17. The maximum atomic E-state index is 11.3. The van der Waals surface area contributed by atoms with E-state index in [4.69, 9.17) is 0 Å². The second-order valence-electron chi connectivity index (χ2n) is 4.95. The van der Waals surface area contributed by atoms with Crippen LogP contribution < -0.4 is 0 Å². The van der Waals surface area contributed by atoms with Crippen molar-refractivity contribution < 1.29 is 9.90 Å². The molecular weight excluding hydrogens is 242 g/mol. The molecule has 100 valence electrons. The zero-order valence-corrected chi connectivity index (χ0v) is 11.5. The Labute approximate surface area is 111 Å². The number of aromatic nitrogens is 3. The molecule has 1 aromatic heterocycles. The summed E-state index contributed by atoms with van der Waals surface area (Å²) in [5.41, 5.74) is 3.54. The molecule has 5 nitrogen and oxygen atoms in total. The number of nitrogens with zero attached hydrogens (tertiary/aromatic N) is 3. The van der Waals surface area contributed by atoms with Crippen molar-refractivity contribution in [2.45, 2.75) is 33.7 Å². The smallest absolute Gasteiger partial charge is 0.358 e. The van der Waals surface area contributed by atoms with E-state index in [0.717, 1.165) is 16.7 Å². The second kappa shape index (κ2) is 4.84. The number of aromatic carboxylic acids is 1. The van der Waals surface area contributed by atoms with Gasteiger partial charge in [-0.05, 0) is 39.3 Å². The minimum atomic E-state index is -1.05. The molecule has 0 atom stereocenters. The molecule has 0 fully saturated rings. The fourth-order valence-corrected chi connectivity index (χ4v) is 2.04. The highest BCUT2D eigenvalue weighted by Gasteiger charge is 2.23. The van der Waals surface area contributed by atoms with Crippen LogP contribution in [0.2, 0.25) is 0 Å². The lowest BCUT2D eigenvalue weighted by Crippen LogP contribution is -2.08. The van der Waals surface area contributed by atoms with Gasteiger partial charge in [0, 0.05) is 11.6 Å². The van der Waals surface area contributed by atoms with Gasteiger partial charge < -0.3 is 5.11 Å². The summed E-state index contributed by atoms with van der Waals surface area (Å²) in [4.78, 5) is 11.3. The average Bonchev–Trinajstić information content (AvgIpc) is 2.76. The number of aryl methyl sites for hydroxylation is 2. The van der Waals surface area contributed by atoms with E-state index in [1.807, 2.05) is 45.9 Å². The Morgan fingerprint density at radius 3 is 2.58 bits per heavy atom. The number of carboxylic acids is 1. The summed E-state index contributed by atoms with van der Waals surface area (Å²) >= 11 is 0. The minimum Gasteiger partial charge on any atom is -0.476 e. The van der Waals surface area contributed by atoms with Gasteiger partial charge in [0.05, 0.1) is 0 Å². The van der Waals surface area contributed by atoms with Crippen molar-refractivity contribution in [2.24, 2.45) is 0 Å². The van der Waals surface area contributed by atoms with Crippen LogP contribution in [0.1, 0.15) is 41.5 Å². The fourth-order valence-electron chi connectivity index (χ4n) is 2.04. The highest BCUT2D eigenvalue weighted by Crippen LogP contribution is 2.28. The van der Waals surface area contributed by atoms with Crippen LogP contribution in [0.3, 0.4) is 0 Å². The Balaban J connectivity index is 2.75. The predicted octanol–water partition coefficient (Wildman–Crippen LogP) is 2.84. The standard InChI is InChI=1S/C14H17N3O2/c1-8(2)17-13(12(14(18)19)15-16-17)11-7-9(3)5-6-10(11)4/h5-8H,1-4H3,(H,18,19). The summed E-state index contributed by atoms with van der Waals surface area (Å²) in [6.45, 7) is 7.84. The first-order chi connectivity index (χ1) is 8.91. The molecule has 1 aromatic carbocycles. The van der Waals surface area contributed by atoms with Crippen LogP contribution in [0.4, 0.5) is 0 Å². The van der Waals surface area contributed by atoms with Gasteiger partial charge in [-0.1, -0.05) is 22.9 Å². The second-order valence-corrected chi connectivity index (χ2v) is 4.95. The van der Waals surface area contributed by atoms with E-state index in [2.05, 4.69) is 10.3 Å². The van der Waals surface area contributed by atoms with Gasteiger partial charge in [0.25, 0.3) is 0 Å². The summed E-state index contributed by atoms with van der Waals surface area (Å²) in [5.74, 6) is -1.05. The molecule has 0 saturated carbocycles. The third-order valence-electron chi connectivity index (χ3n) is 3.03. The molecule has 0 amide bonds. The van der Waals surface area contributed by atoms with E-state index in [0.29, 0.717) is 5.69 Å². The molecule has 19 heavy (non-hydrogen) atoms. The van der Waals surface area contributed by atoms with Crippen LogP contribution in [0, 0.1) is 13.8 Å². The molecule has 5 heteroatoms. The zero-order chi connectivity index (χ0) is 14.2. The average molecular weight is 259 g/mol. The van der Waals surface area contributed by atoms with Crippen LogP contribution in [-0.4, -0.2) is 26.1 Å². The molecule has 1 N–H and O–H groups in total. The van der Waals surface area contributed by atoms with Crippen LogP contribution in [0.5, 0.6) is 0 Å². The summed E-state index contributed by atoms with van der Waals surface area (Å²) in [6, 6.07) is 6.01. The quantitative estimate of drug-likeness (QED) is 0.920. The normalized spacial score (nSPS) is 11.0. The molecule has 0 spiro atoms. The third kappa shape index (κ3) is 2.36. The van der Waals surface area contributed by atoms with Gasteiger partial charge in [0.2, 0.25) is 0 Å². The number of hydrogen-bond donors (Lipinski definition) is 1. The summed E-state index contributed by atoms with van der Waals surface area (Å²) in [7, 11) is 0. The van der Waals surface area contributed by atoms with Gasteiger partial charge in [0.1, 0.15) is 5.69 Å². The molecule has 2 aromatic rings. The highest BCUT2D eigenvalue weighted by molar-refractivity contribution is 5.93. The van der Waals surface area contributed by atoms with Crippen molar-refractivity contribution in [3.63, 3.8) is 0 Å². The van der Waals surface area contributed by atoms with E-state index in [9.17, 15) is 9.90 Å². The Kier molecular flexibility index (Phi) is 3.38. The number of hydrogen-bond acceptors (Lipinski definition) is 3. The molecule has 1 heterocycles. The van der Waals surface area contributed by atoms with Crippen molar-refractivity contribution in [3.05, 3.63) is 35.0 Å². The number of carboxylic acid groups (broad SMARTS) is 1. The highest BCUT2D eigenvalue weighted by atomic mass is 16.4. The lowest BCUT2D eigenvalue weighted by Gasteiger charge is -2.13. The zero-order valence-electron chi connectivity index (χ0n) is 11.5. The first-order valence-corrected chi connectivity index (χ1v) is 6.18. The molecular formula is C14H17N3O2. The lowest BCUT2D eigenvalue weighted by atomic mass is 10.0. The number of carbonyl (C=O) groups is 1. The molecule has 0 radical (unpaired) electrons. The van der Waals surface area contributed by atoms with E-state index in [-0.39, 0.29) is 11.7 Å². The molecule has 0 aliphatic rings.